The molecule has 6 aromatic carbocycles. The fraction of sp³-hybridized carbons (Fsp3) is 0.452. The van der Waals surface area contributed by atoms with Gasteiger partial charge in [0.2, 0.25) is 5.91 Å². The second-order valence-electron chi connectivity index (χ2n) is 34.9. The van der Waals surface area contributed by atoms with Crippen molar-refractivity contribution in [1.29, 1.82) is 0 Å². The quantitative estimate of drug-likeness (QED) is 0.166. The number of hydrogen-bond acceptors (Lipinski definition) is 7. The Kier molecular flexibility index (Phi) is 28.6. The molecule has 2 aliphatic rings. The Hall–Kier alpha value is -8.92. The highest BCUT2D eigenvalue weighted by atomic mass is 19.4. The second-order valence-corrected chi connectivity index (χ2v) is 34.9. The number of aryl methyl sites for hydroxylation is 5. The molecule has 588 valence electrons. The van der Waals surface area contributed by atoms with Gasteiger partial charge in [0.15, 0.2) is 6.61 Å². The minimum absolute atomic E-state index is 0.0402. The highest BCUT2D eigenvalue weighted by molar-refractivity contribution is 5.97. The predicted molar refractivity (Wildman–Crippen MR) is 443 cm³/mol. The van der Waals surface area contributed by atoms with Crippen LogP contribution in [0.2, 0.25) is 0 Å². The van der Waals surface area contributed by atoms with Crippen molar-refractivity contribution in [2.45, 2.75) is 256 Å². The third kappa shape index (κ3) is 23.6. The van der Waals surface area contributed by atoms with Gasteiger partial charge in [0, 0.05) is 89.5 Å². The van der Waals surface area contributed by atoms with E-state index in [2.05, 4.69) is 204 Å². The lowest BCUT2D eigenvalue weighted by molar-refractivity contribution is -0.153. The summed E-state index contributed by atoms with van der Waals surface area (Å²) in [5.74, 6) is -5.75. The third-order valence-electron chi connectivity index (χ3n) is 18.8. The summed E-state index contributed by atoms with van der Waals surface area (Å²) in [6.07, 6.45) is 4.23. The monoisotopic (exact) mass is 1500 g/mol. The van der Waals surface area contributed by atoms with E-state index in [0.717, 1.165) is 76.4 Å². The minimum Gasteiger partial charge on any atom is -0.484 e. The molecule has 2 aliphatic heterocycles. The number of nitrogens with zero attached hydrogens (tertiary/aromatic N) is 6. The van der Waals surface area contributed by atoms with Gasteiger partial charge in [-0.25, -0.2) is 13.8 Å². The molecule has 10 aromatic rings. The van der Waals surface area contributed by atoms with Gasteiger partial charge in [0.25, 0.3) is 11.8 Å². The number of hydrogen-bond donors (Lipinski definition) is 1. The van der Waals surface area contributed by atoms with Crippen LogP contribution >= 0.6 is 0 Å². The van der Waals surface area contributed by atoms with Gasteiger partial charge in [-0.1, -0.05) is 218 Å². The van der Waals surface area contributed by atoms with Gasteiger partial charge >= 0.3 is 6.18 Å². The van der Waals surface area contributed by atoms with Crippen LogP contribution in [-0.2, 0) is 63.1 Å². The average molecular weight is 1500 g/mol. The van der Waals surface area contributed by atoms with Crippen molar-refractivity contribution in [1.82, 2.24) is 24.7 Å². The zero-order valence-corrected chi connectivity index (χ0v) is 70.0. The Morgan fingerprint density at radius 1 is 0.477 bits per heavy atom. The van der Waals surface area contributed by atoms with E-state index < -0.39 is 31.2 Å². The van der Waals surface area contributed by atoms with E-state index in [1.165, 1.54) is 77.8 Å². The number of amides is 1. The van der Waals surface area contributed by atoms with Crippen LogP contribution in [0.1, 0.15) is 238 Å². The van der Waals surface area contributed by atoms with Crippen LogP contribution in [0.15, 0.2) is 158 Å². The van der Waals surface area contributed by atoms with Gasteiger partial charge in [-0.05, 0) is 190 Å². The molecule has 4 aromatic heterocycles. The van der Waals surface area contributed by atoms with Crippen LogP contribution in [0.3, 0.4) is 0 Å². The zero-order chi connectivity index (χ0) is 82.1. The summed E-state index contributed by atoms with van der Waals surface area (Å²) in [5.41, 5.74) is 22.7. The molecule has 0 saturated carbocycles. The van der Waals surface area contributed by atoms with Crippen LogP contribution in [0, 0.1) is 27.7 Å². The Labute approximate surface area is 646 Å². The molecule has 109 heavy (non-hydrogen) atoms. The van der Waals surface area contributed by atoms with Crippen LogP contribution < -0.4 is 15.0 Å². The average Bonchev–Trinajstić information content (AvgIpc) is 0.917. The van der Waals surface area contributed by atoms with Crippen molar-refractivity contribution >= 4 is 50.0 Å². The maximum atomic E-state index is 13.4. The van der Waals surface area contributed by atoms with E-state index >= 15 is 0 Å². The minimum atomic E-state index is -4.35. The molecular weight excluding hydrogens is 1380 g/mol. The molecule has 0 fully saturated rings. The topological polar surface area (TPSA) is 98.1 Å². The Morgan fingerprint density at radius 3 is 1.41 bits per heavy atom. The summed E-state index contributed by atoms with van der Waals surface area (Å²) in [7, 11) is 2.01. The summed E-state index contributed by atoms with van der Waals surface area (Å²) >= 11 is 0. The van der Waals surface area contributed by atoms with Crippen LogP contribution in [0.4, 0.5) is 42.1 Å². The number of aromatic nitrogens is 5. The molecule has 12 rings (SSSR count). The Bertz CT molecular complexity index is 4770. The standard InChI is InChI=1S/C17H23F2NO.C16H19F2N.C15H16F3NO.C15H21N.C14H18N2.C14H17N.C2H6/c1-11-6-8-13-12(15(11)16(2,3)4)7-9-14(21)20(13)10-17(5,18)19;1-10-6-8-12-11(14(10)15(2,3)4)7-9-13(19-12)16(5,17)18;1-14(2,3)13-10-5-4-8-19-11(10)6-7-12(13)20-9-15(16,17)18;1-10-6-9-13-12(8-7-11(2)16-13)14(10)15(3,4)5;1-14(2,3)13-12(10-15-16(13)4)11-8-6-5-7-9-11;1-10-7-8-12-11(6-5-9-15-12)13(10)14(2,3)4;1-2/h6,8H,7,9-10H2,1-5H3;6-9H,1-5H3;4-8H,9H2,1-3H3;6,9,16H,2,7-8H2,1,3-5H3;5-10H,1-4H3;5-9H,1-4H3;1-2H3. The number of alkyl halides is 7. The van der Waals surface area contributed by atoms with E-state index in [0.29, 0.717) is 24.0 Å². The van der Waals surface area contributed by atoms with Gasteiger partial charge in [-0.15, -0.1) is 0 Å². The Balaban J connectivity index is 0.000000204. The molecule has 6 heterocycles. The lowest BCUT2D eigenvalue weighted by atomic mass is 9.78. The van der Waals surface area contributed by atoms with Gasteiger partial charge in [0.05, 0.1) is 35.0 Å². The van der Waals surface area contributed by atoms with Crippen LogP contribution in [-0.4, -0.2) is 55.9 Å². The van der Waals surface area contributed by atoms with Gasteiger partial charge < -0.3 is 15.0 Å². The number of allylic oxidation sites excluding steroid dienone is 1. The molecule has 1 amide bonds. The fourth-order valence-electron chi connectivity index (χ4n) is 15.1. The molecule has 0 spiro atoms. The zero-order valence-electron chi connectivity index (χ0n) is 70.0. The number of nitrogens with one attached hydrogen (secondary N) is 1. The first kappa shape index (κ1) is 89.0. The van der Waals surface area contributed by atoms with Crippen LogP contribution in [0.25, 0.3) is 43.8 Å². The first-order valence-electron chi connectivity index (χ1n) is 37.9. The third-order valence-corrected chi connectivity index (χ3v) is 18.8. The summed E-state index contributed by atoms with van der Waals surface area (Å²) in [5, 5.41) is 10.8. The summed E-state index contributed by atoms with van der Waals surface area (Å²) < 4.78 is 97.5. The van der Waals surface area contributed by atoms with Gasteiger partial charge in [-0.2, -0.15) is 27.1 Å². The lowest BCUT2D eigenvalue weighted by Crippen LogP contribution is -2.43. The number of fused-ring (bicyclic) bond motifs is 5. The maximum Gasteiger partial charge on any atom is 0.422 e. The van der Waals surface area contributed by atoms with E-state index in [-0.39, 0.29) is 49.8 Å². The van der Waals surface area contributed by atoms with Crippen molar-refractivity contribution in [2.24, 2.45) is 7.05 Å². The fourth-order valence-corrected chi connectivity index (χ4v) is 15.1. The number of benzene rings is 6. The second kappa shape index (κ2) is 35.0. The van der Waals surface area contributed by atoms with Gasteiger partial charge in [-0.3, -0.25) is 19.4 Å². The van der Waals surface area contributed by atoms with Crippen molar-refractivity contribution < 1.29 is 40.3 Å². The molecule has 1 N–H and O–H groups in total. The van der Waals surface area contributed by atoms with Crippen molar-refractivity contribution in [3.8, 4) is 16.9 Å². The predicted octanol–water partition coefficient (Wildman–Crippen LogP) is 26.1. The molecule has 0 bridgehead atoms. The summed E-state index contributed by atoms with van der Waals surface area (Å²) in [6.45, 7) is 55.2. The smallest absolute Gasteiger partial charge is 0.422 e. The maximum absolute atomic E-state index is 13.4. The van der Waals surface area contributed by atoms with E-state index in [1.807, 2.05) is 115 Å². The van der Waals surface area contributed by atoms with Crippen molar-refractivity contribution in [3.63, 3.8) is 0 Å². The highest BCUT2D eigenvalue weighted by Gasteiger charge is 2.37. The molecule has 9 nitrogen and oxygen atoms in total. The molecule has 0 unspecified atom stereocenters. The molecule has 0 aliphatic carbocycles. The SMILES string of the molecule is C=C1CCc2c(ccc(C)c2C(C)(C)C)N1.CC.CC(C)(C)c1c(OCC(F)(F)F)ccc2ncccc12.Cc1ccc2c(c1C(C)(C)C)CCC(=O)N2CC(C)(F)F.Cc1ccc2nc(C(C)(F)F)ccc2c1C(C)(C)C.Cc1ccc2ncccc2c1C(C)(C)C.Cn1ncc(-c2ccccc2)c1C(C)(C)C. The van der Waals surface area contributed by atoms with Crippen LogP contribution in [0.5, 0.6) is 5.75 Å². The van der Waals surface area contributed by atoms with E-state index in [4.69, 9.17) is 4.74 Å². The molecular formula is C93H120F7N7O2. The molecule has 16 heteroatoms. The lowest BCUT2D eigenvalue weighted by Gasteiger charge is -2.35. The summed E-state index contributed by atoms with van der Waals surface area (Å²) in [6, 6.07) is 40.8. The number of pyridine rings is 3. The molecule has 0 atom stereocenters. The van der Waals surface area contributed by atoms with Crippen molar-refractivity contribution in [2.75, 3.05) is 23.4 Å². The molecule has 0 saturated heterocycles. The normalized spacial score (nSPS) is 13.4. The number of halogens is 7. The van der Waals surface area contributed by atoms with Gasteiger partial charge in [0.1, 0.15) is 11.4 Å². The molecule has 0 radical (unpaired) electrons. The summed E-state index contributed by atoms with van der Waals surface area (Å²) in [4.78, 5) is 26.1. The van der Waals surface area contributed by atoms with E-state index in [1.54, 1.807) is 30.5 Å². The number of anilines is 2. The highest BCUT2D eigenvalue weighted by Crippen LogP contribution is 2.43. The Morgan fingerprint density at radius 2 is 0.927 bits per heavy atom. The van der Waals surface area contributed by atoms with Crippen molar-refractivity contribution in [3.05, 3.63) is 231 Å². The number of carbonyl (C=O) groups excluding carboxylic acids is 1. The largest absolute Gasteiger partial charge is 0.484 e. The first-order valence-corrected chi connectivity index (χ1v) is 37.9. The van der Waals surface area contributed by atoms with E-state index in [9.17, 15) is 35.5 Å². The number of rotatable bonds is 6. The first-order chi connectivity index (χ1) is 50.2. The number of ether oxygens (including phenoxy) is 1. The number of carbonyl (C=O) groups is 1.